The molecule has 0 radical (unpaired) electrons. The van der Waals surface area contributed by atoms with Gasteiger partial charge in [0, 0.05) is 6.54 Å². The maximum Gasteiger partial charge on any atom is 0.260 e. The number of hydrogen-bond acceptors (Lipinski definition) is 3. The van der Waals surface area contributed by atoms with E-state index in [9.17, 15) is 4.79 Å². The molecule has 0 spiro atoms. The first-order valence-corrected chi connectivity index (χ1v) is 7.43. The zero-order valence-corrected chi connectivity index (χ0v) is 11.7. The van der Waals surface area contributed by atoms with Crippen LogP contribution < -0.4 is 4.74 Å². The van der Waals surface area contributed by atoms with Crippen molar-refractivity contribution >= 4 is 5.91 Å². The lowest BCUT2D eigenvalue weighted by Gasteiger charge is -2.43. The van der Waals surface area contributed by atoms with Crippen LogP contribution in [-0.4, -0.2) is 42.7 Å². The van der Waals surface area contributed by atoms with Crippen LogP contribution in [0.2, 0.25) is 0 Å². The van der Waals surface area contributed by atoms with Gasteiger partial charge in [-0.15, -0.1) is 0 Å². The van der Waals surface area contributed by atoms with E-state index in [1.807, 2.05) is 35.2 Å². The lowest BCUT2D eigenvalue weighted by Crippen LogP contribution is -2.55. The summed E-state index contributed by atoms with van der Waals surface area (Å²) in [5.41, 5.74) is 0. The zero-order chi connectivity index (χ0) is 13.8. The molecule has 1 saturated heterocycles. The van der Waals surface area contributed by atoms with Crippen molar-refractivity contribution in [1.29, 1.82) is 0 Å². The van der Waals surface area contributed by atoms with Gasteiger partial charge in [0.25, 0.3) is 5.91 Å². The standard InChI is InChI=1S/C16H21NO3/c18-16(12-20-13-6-2-1-3-7-13)17-10-11-19-15-9-5-4-8-14(15)17/h1-3,6-7,14-15H,4-5,8-12H2/t14-,15+/m0/s1. The second-order valence-electron chi connectivity index (χ2n) is 5.45. The van der Waals surface area contributed by atoms with E-state index in [1.165, 1.54) is 12.8 Å². The lowest BCUT2D eigenvalue weighted by molar-refractivity contribution is -0.151. The minimum atomic E-state index is 0.0778. The molecule has 2 fully saturated rings. The van der Waals surface area contributed by atoms with Gasteiger partial charge in [0.15, 0.2) is 6.61 Å². The Bertz CT molecular complexity index is 446. The molecule has 20 heavy (non-hydrogen) atoms. The van der Waals surface area contributed by atoms with Crippen LogP contribution in [0, 0.1) is 0 Å². The van der Waals surface area contributed by atoms with Crippen LogP contribution >= 0.6 is 0 Å². The number of carbonyl (C=O) groups excluding carboxylic acids is 1. The summed E-state index contributed by atoms with van der Waals surface area (Å²) in [5.74, 6) is 0.823. The number of morpholine rings is 1. The van der Waals surface area contributed by atoms with Crippen LogP contribution in [0.15, 0.2) is 30.3 Å². The first-order valence-electron chi connectivity index (χ1n) is 7.43. The molecule has 4 heteroatoms. The summed E-state index contributed by atoms with van der Waals surface area (Å²) in [6.07, 6.45) is 4.77. The largest absolute Gasteiger partial charge is 0.484 e. The summed E-state index contributed by atoms with van der Waals surface area (Å²) in [6, 6.07) is 9.75. The minimum absolute atomic E-state index is 0.0778. The molecule has 1 aliphatic carbocycles. The molecule has 1 amide bonds. The predicted molar refractivity (Wildman–Crippen MR) is 75.6 cm³/mol. The summed E-state index contributed by atoms with van der Waals surface area (Å²) < 4.78 is 11.4. The summed E-state index contributed by atoms with van der Waals surface area (Å²) in [7, 11) is 0. The molecule has 2 aliphatic rings. The average Bonchev–Trinajstić information content (AvgIpc) is 2.53. The van der Waals surface area contributed by atoms with E-state index in [2.05, 4.69) is 0 Å². The lowest BCUT2D eigenvalue weighted by atomic mass is 9.90. The van der Waals surface area contributed by atoms with Crippen LogP contribution in [0.25, 0.3) is 0 Å². The smallest absolute Gasteiger partial charge is 0.260 e. The Morgan fingerprint density at radius 1 is 1.25 bits per heavy atom. The number of fused-ring (bicyclic) bond motifs is 1. The van der Waals surface area contributed by atoms with E-state index >= 15 is 0 Å². The van der Waals surface area contributed by atoms with Gasteiger partial charge in [-0.3, -0.25) is 4.79 Å². The minimum Gasteiger partial charge on any atom is -0.484 e. The highest BCUT2D eigenvalue weighted by molar-refractivity contribution is 5.78. The van der Waals surface area contributed by atoms with Gasteiger partial charge in [0.1, 0.15) is 5.75 Å². The third-order valence-corrected chi connectivity index (χ3v) is 4.16. The molecule has 1 heterocycles. The number of amides is 1. The van der Waals surface area contributed by atoms with Crippen LogP contribution in [0.1, 0.15) is 25.7 Å². The maximum atomic E-state index is 12.4. The van der Waals surface area contributed by atoms with Crippen LogP contribution in [0.5, 0.6) is 5.75 Å². The topological polar surface area (TPSA) is 38.8 Å². The normalized spacial score (nSPS) is 25.9. The highest BCUT2D eigenvalue weighted by atomic mass is 16.5. The maximum absolute atomic E-state index is 12.4. The van der Waals surface area contributed by atoms with E-state index in [0.29, 0.717) is 13.2 Å². The fourth-order valence-corrected chi connectivity index (χ4v) is 3.15. The van der Waals surface area contributed by atoms with E-state index in [1.54, 1.807) is 0 Å². The highest BCUT2D eigenvalue weighted by Crippen LogP contribution is 2.28. The summed E-state index contributed by atoms with van der Waals surface area (Å²) in [5, 5.41) is 0. The van der Waals surface area contributed by atoms with Gasteiger partial charge < -0.3 is 14.4 Å². The molecule has 0 bridgehead atoms. The highest BCUT2D eigenvalue weighted by Gasteiger charge is 2.36. The monoisotopic (exact) mass is 275 g/mol. The third-order valence-electron chi connectivity index (χ3n) is 4.16. The molecular weight excluding hydrogens is 254 g/mol. The number of ether oxygens (including phenoxy) is 2. The Morgan fingerprint density at radius 2 is 2.05 bits per heavy atom. The van der Waals surface area contributed by atoms with Gasteiger partial charge >= 0.3 is 0 Å². The summed E-state index contributed by atoms with van der Waals surface area (Å²) in [6.45, 7) is 1.46. The van der Waals surface area contributed by atoms with Gasteiger partial charge in [0.05, 0.1) is 18.8 Å². The molecule has 1 aromatic rings. The van der Waals surface area contributed by atoms with Gasteiger partial charge in [-0.05, 0) is 25.0 Å². The summed E-state index contributed by atoms with van der Waals surface area (Å²) in [4.78, 5) is 14.3. The van der Waals surface area contributed by atoms with Gasteiger partial charge in [0.2, 0.25) is 0 Å². The molecule has 2 atom stereocenters. The second-order valence-corrected chi connectivity index (χ2v) is 5.45. The molecule has 0 aromatic heterocycles. The number of rotatable bonds is 3. The first-order chi connectivity index (χ1) is 9.84. The van der Waals surface area contributed by atoms with E-state index < -0.39 is 0 Å². The van der Waals surface area contributed by atoms with E-state index in [4.69, 9.17) is 9.47 Å². The Morgan fingerprint density at radius 3 is 2.90 bits per heavy atom. The van der Waals surface area contributed by atoms with Crippen molar-refractivity contribution in [2.45, 2.75) is 37.8 Å². The van der Waals surface area contributed by atoms with Gasteiger partial charge in [-0.2, -0.15) is 0 Å². The fourth-order valence-electron chi connectivity index (χ4n) is 3.15. The molecule has 1 saturated carbocycles. The molecular formula is C16H21NO3. The van der Waals surface area contributed by atoms with Crippen molar-refractivity contribution < 1.29 is 14.3 Å². The van der Waals surface area contributed by atoms with Crippen LogP contribution in [0.3, 0.4) is 0 Å². The Balaban J connectivity index is 1.58. The molecule has 4 nitrogen and oxygen atoms in total. The van der Waals surface area contributed by atoms with Gasteiger partial charge in [-0.1, -0.05) is 31.0 Å². The van der Waals surface area contributed by atoms with Crippen molar-refractivity contribution in [2.24, 2.45) is 0 Å². The fraction of sp³-hybridized carbons (Fsp3) is 0.562. The number of benzene rings is 1. The Labute approximate surface area is 119 Å². The molecule has 0 unspecified atom stereocenters. The van der Waals surface area contributed by atoms with Crippen molar-refractivity contribution in [1.82, 2.24) is 4.90 Å². The Hall–Kier alpha value is -1.55. The second kappa shape index (κ2) is 6.27. The SMILES string of the molecule is O=C(COc1ccccc1)N1CCO[C@@H]2CCCC[C@@H]21. The van der Waals surface area contributed by atoms with Crippen molar-refractivity contribution in [2.75, 3.05) is 19.8 Å². The van der Waals surface area contributed by atoms with Crippen molar-refractivity contribution in [3.8, 4) is 5.75 Å². The molecule has 108 valence electrons. The number of para-hydroxylation sites is 1. The number of hydrogen-bond donors (Lipinski definition) is 0. The average molecular weight is 275 g/mol. The van der Waals surface area contributed by atoms with E-state index in [-0.39, 0.29) is 24.7 Å². The first kappa shape index (κ1) is 13.4. The molecule has 3 rings (SSSR count). The van der Waals surface area contributed by atoms with Crippen molar-refractivity contribution in [3.63, 3.8) is 0 Å². The third kappa shape index (κ3) is 2.96. The molecule has 0 N–H and O–H groups in total. The Kier molecular flexibility index (Phi) is 4.21. The molecule has 1 aromatic carbocycles. The number of nitrogens with zero attached hydrogens (tertiary/aromatic N) is 1. The quantitative estimate of drug-likeness (QED) is 0.849. The predicted octanol–water partition coefficient (Wildman–Crippen LogP) is 2.24. The van der Waals surface area contributed by atoms with Crippen molar-refractivity contribution in [3.05, 3.63) is 30.3 Å². The van der Waals surface area contributed by atoms with Gasteiger partial charge in [-0.25, -0.2) is 0 Å². The number of carbonyl (C=O) groups is 1. The van der Waals surface area contributed by atoms with Crippen LogP contribution in [0.4, 0.5) is 0 Å². The summed E-state index contributed by atoms with van der Waals surface area (Å²) >= 11 is 0. The van der Waals surface area contributed by atoms with Crippen LogP contribution in [-0.2, 0) is 9.53 Å². The molecule has 1 aliphatic heterocycles. The van der Waals surface area contributed by atoms with E-state index in [0.717, 1.165) is 18.6 Å². The zero-order valence-electron chi connectivity index (χ0n) is 11.7.